The summed E-state index contributed by atoms with van der Waals surface area (Å²) in [6.07, 6.45) is 0.896. The van der Waals surface area contributed by atoms with Gasteiger partial charge in [-0.1, -0.05) is 42.5 Å². The van der Waals surface area contributed by atoms with Gasteiger partial charge in [-0.15, -0.1) is 0 Å². The van der Waals surface area contributed by atoms with Crippen molar-refractivity contribution in [3.05, 3.63) is 71.3 Å². The zero-order valence-corrected chi connectivity index (χ0v) is 13.9. The number of carbonyl (C=O) groups is 1. The zero-order valence-electron chi connectivity index (χ0n) is 13.9. The summed E-state index contributed by atoms with van der Waals surface area (Å²) in [5.74, 6) is 0.108. The number of amides is 1. The molecule has 0 saturated heterocycles. The fourth-order valence-corrected chi connectivity index (χ4v) is 2.81. The number of benzene rings is 2. The summed E-state index contributed by atoms with van der Waals surface area (Å²) < 4.78 is 0. The van der Waals surface area contributed by atoms with Gasteiger partial charge in [0.15, 0.2) is 0 Å². The Bertz CT molecular complexity index is 591. The SMILES string of the molecule is CC(C)N(C(=O)c1ccc(Cc2ccccc2)cc1)C(C)C. The molecule has 0 aliphatic carbocycles. The summed E-state index contributed by atoms with van der Waals surface area (Å²) in [7, 11) is 0. The molecule has 2 rings (SSSR count). The first-order valence-corrected chi connectivity index (χ1v) is 7.94. The van der Waals surface area contributed by atoms with Crippen LogP contribution in [0.15, 0.2) is 54.6 Å². The van der Waals surface area contributed by atoms with Crippen LogP contribution in [-0.2, 0) is 6.42 Å². The average Bonchev–Trinajstić information content (AvgIpc) is 2.48. The predicted molar refractivity (Wildman–Crippen MR) is 92.1 cm³/mol. The molecular weight excluding hydrogens is 270 g/mol. The summed E-state index contributed by atoms with van der Waals surface area (Å²) in [5.41, 5.74) is 3.27. The molecule has 2 heteroatoms. The van der Waals surface area contributed by atoms with E-state index in [-0.39, 0.29) is 18.0 Å². The second-order valence-corrected chi connectivity index (χ2v) is 6.26. The van der Waals surface area contributed by atoms with Gasteiger partial charge in [0.2, 0.25) is 0 Å². The highest BCUT2D eigenvalue weighted by molar-refractivity contribution is 5.94. The molecule has 0 spiro atoms. The smallest absolute Gasteiger partial charge is 0.254 e. The van der Waals surface area contributed by atoms with Crippen molar-refractivity contribution in [3.8, 4) is 0 Å². The molecule has 0 fully saturated rings. The third kappa shape index (κ3) is 3.97. The fourth-order valence-electron chi connectivity index (χ4n) is 2.81. The summed E-state index contributed by atoms with van der Waals surface area (Å²) >= 11 is 0. The Hall–Kier alpha value is -2.09. The van der Waals surface area contributed by atoms with E-state index in [2.05, 4.69) is 64.1 Å². The normalized spacial score (nSPS) is 11.0. The van der Waals surface area contributed by atoms with E-state index in [4.69, 9.17) is 0 Å². The van der Waals surface area contributed by atoms with E-state index in [0.717, 1.165) is 12.0 Å². The Morgan fingerprint density at radius 2 is 1.32 bits per heavy atom. The lowest BCUT2D eigenvalue weighted by Gasteiger charge is -2.30. The highest BCUT2D eigenvalue weighted by Crippen LogP contribution is 2.15. The first kappa shape index (κ1) is 16.3. The zero-order chi connectivity index (χ0) is 16.1. The molecule has 0 unspecified atom stereocenters. The number of carbonyl (C=O) groups excluding carboxylic acids is 1. The molecular formula is C20H25NO. The highest BCUT2D eigenvalue weighted by atomic mass is 16.2. The largest absolute Gasteiger partial charge is 0.334 e. The van der Waals surface area contributed by atoms with Gasteiger partial charge in [-0.05, 0) is 57.4 Å². The van der Waals surface area contributed by atoms with Crippen LogP contribution in [0.2, 0.25) is 0 Å². The van der Waals surface area contributed by atoms with E-state index in [0.29, 0.717) is 0 Å². The van der Waals surface area contributed by atoms with E-state index >= 15 is 0 Å². The van der Waals surface area contributed by atoms with E-state index in [1.807, 2.05) is 23.1 Å². The second kappa shape index (κ2) is 7.26. The number of nitrogens with zero attached hydrogens (tertiary/aromatic N) is 1. The summed E-state index contributed by atoms with van der Waals surface area (Å²) in [6, 6.07) is 18.8. The van der Waals surface area contributed by atoms with Crippen LogP contribution in [0.5, 0.6) is 0 Å². The number of hydrogen-bond donors (Lipinski definition) is 0. The maximum Gasteiger partial charge on any atom is 0.254 e. The van der Waals surface area contributed by atoms with Gasteiger partial charge >= 0.3 is 0 Å². The molecule has 0 aromatic heterocycles. The number of rotatable bonds is 5. The standard InChI is InChI=1S/C20H25NO/c1-15(2)21(16(3)4)20(22)19-12-10-18(11-13-19)14-17-8-6-5-7-9-17/h5-13,15-16H,14H2,1-4H3. The lowest BCUT2D eigenvalue weighted by molar-refractivity contribution is 0.0643. The van der Waals surface area contributed by atoms with E-state index in [1.165, 1.54) is 11.1 Å². The predicted octanol–water partition coefficient (Wildman–Crippen LogP) is 4.54. The molecule has 0 heterocycles. The molecule has 0 N–H and O–H groups in total. The highest BCUT2D eigenvalue weighted by Gasteiger charge is 2.21. The first-order valence-electron chi connectivity index (χ1n) is 7.94. The van der Waals surface area contributed by atoms with Crippen LogP contribution in [0.3, 0.4) is 0 Å². The molecule has 116 valence electrons. The molecule has 0 radical (unpaired) electrons. The average molecular weight is 295 g/mol. The topological polar surface area (TPSA) is 20.3 Å². The minimum atomic E-state index is 0.108. The maximum absolute atomic E-state index is 12.6. The van der Waals surface area contributed by atoms with Gasteiger partial charge in [-0.25, -0.2) is 0 Å². The van der Waals surface area contributed by atoms with Crippen LogP contribution in [0.4, 0.5) is 0 Å². The van der Waals surface area contributed by atoms with Gasteiger partial charge in [0.05, 0.1) is 0 Å². The van der Waals surface area contributed by atoms with Crippen molar-refractivity contribution < 1.29 is 4.79 Å². The molecule has 1 amide bonds. The van der Waals surface area contributed by atoms with E-state index < -0.39 is 0 Å². The summed E-state index contributed by atoms with van der Waals surface area (Å²) in [6.45, 7) is 8.23. The Kier molecular flexibility index (Phi) is 5.37. The van der Waals surface area contributed by atoms with Crippen molar-refractivity contribution in [2.24, 2.45) is 0 Å². The molecule has 22 heavy (non-hydrogen) atoms. The molecule has 0 aliphatic rings. The van der Waals surface area contributed by atoms with Crippen molar-refractivity contribution >= 4 is 5.91 Å². The quantitative estimate of drug-likeness (QED) is 0.793. The molecule has 0 saturated carbocycles. The lowest BCUT2D eigenvalue weighted by atomic mass is 10.0. The molecule has 0 atom stereocenters. The molecule has 0 aliphatic heterocycles. The van der Waals surface area contributed by atoms with Crippen LogP contribution < -0.4 is 0 Å². The molecule has 2 nitrogen and oxygen atoms in total. The van der Waals surface area contributed by atoms with Gasteiger partial charge in [-0.3, -0.25) is 4.79 Å². The van der Waals surface area contributed by atoms with E-state index in [1.54, 1.807) is 0 Å². The van der Waals surface area contributed by atoms with Crippen LogP contribution in [0, 0.1) is 0 Å². The van der Waals surface area contributed by atoms with Crippen molar-refractivity contribution in [1.29, 1.82) is 0 Å². The minimum Gasteiger partial charge on any atom is -0.334 e. The maximum atomic E-state index is 12.6. The Morgan fingerprint density at radius 3 is 1.82 bits per heavy atom. The first-order chi connectivity index (χ1) is 10.5. The Balaban J connectivity index is 2.13. The minimum absolute atomic E-state index is 0.108. The Morgan fingerprint density at radius 1 is 0.818 bits per heavy atom. The lowest BCUT2D eigenvalue weighted by Crippen LogP contribution is -2.42. The Labute approximate surface area is 133 Å². The van der Waals surface area contributed by atoms with Gasteiger partial charge < -0.3 is 4.90 Å². The van der Waals surface area contributed by atoms with E-state index in [9.17, 15) is 4.79 Å². The van der Waals surface area contributed by atoms with Gasteiger partial charge in [-0.2, -0.15) is 0 Å². The summed E-state index contributed by atoms with van der Waals surface area (Å²) in [5, 5.41) is 0. The van der Waals surface area contributed by atoms with Gasteiger partial charge in [0.25, 0.3) is 5.91 Å². The monoisotopic (exact) mass is 295 g/mol. The number of hydrogen-bond acceptors (Lipinski definition) is 1. The second-order valence-electron chi connectivity index (χ2n) is 6.26. The third-order valence-corrected chi connectivity index (χ3v) is 3.80. The molecule has 2 aromatic rings. The van der Waals surface area contributed by atoms with Crippen molar-refractivity contribution in [2.75, 3.05) is 0 Å². The van der Waals surface area contributed by atoms with Gasteiger partial charge in [0, 0.05) is 17.6 Å². The van der Waals surface area contributed by atoms with Gasteiger partial charge in [0.1, 0.15) is 0 Å². The van der Waals surface area contributed by atoms with Crippen molar-refractivity contribution in [2.45, 2.75) is 46.2 Å². The van der Waals surface area contributed by atoms with Crippen LogP contribution >= 0.6 is 0 Å². The molecule has 2 aromatic carbocycles. The van der Waals surface area contributed by atoms with Crippen molar-refractivity contribution in [3.63, 3.8) is 0 Å². The fraction of sp³-hybridized carbons (Fsp3) is 0.350. The van der Waals surface area contributed by atoms with Crippen molar-refractivity contribution in [1.82, 2.24) is 4.90 Å². The van der Waals surface area contributed by atoms with Crippen LogP contribution in [0.25, 0.3) is 0 Å². The van der Waals surface area contributed by atoms with Crippen LogP contribution in [-0.4, -0.2) is 22.9 Å². The summed E-state index contributed by atoms with van der Waals surface area (Å²) in [4.78, 5) is 14.5. The van der Waals surface area contributed by atoms with Crippen LogP contribution in [0.1, 0.15) is 49.2 Å². The third-order valence-electron chi connectivity index (χ3n) is 3.80. The molecule has 0 bridgehead atoms.